The molecule has 0 atom stereocenters. The van der Waals surface area contributed by atoms with Gasteiger partial charge in [0.1, 0.15) is 0 Å². The molecule has 0 saturated carbocycles. The molecule has 4 nitrogen and oxygen atoms in total. The third-order valence-electron chi connectivity index (χ3n) is 2.74. The minimum Gasteiger partial charge on any atom is -0.478 e. The number of rotatable bonds is 3. The van der Waals surface area contributed by atoms with Crippen LogP contribution >= 0.6 is 0 Å². The van der Waals surface area contributed by atoms with Crippen LogP contribution in [0, 0.1) is 6.92 Å². The van der Waals surface area contributed by atoms with E-state index in [1.165, 1.54) is 11.0 Å². The second kappa shape index (κ2) is 4.41. The summed E-state index contributed by atoms with van der Waals surface area (Å²) in [6.45, 7) is 2.63. The molecule has 0 aliphatic carbocycles. The van der Waals surface area contributed by atoms with E-state index in [0.717, 1.165) is 11.1 Å². The first kappa shape index (κ1) is 11.4. The van der Waals surface area contributed by atoms with E-state index in [1.54, 1.807) is 0 Å². The highest BCUT2D eigenvalue weighted by molar-refractivity contribution is 6.01. The fraction of sp³-hybridized carbons (Fsp3) is 0.231. The van der Waals surface area contributed by atoms with Crippen molar-refractivity contribution in [1.82, 2.24) is 4.90 Å². The van der Waals surface area contributed by atoms with E-state index in [0.29, 0.717) is 6.54 Å². The molecule has 0 bridgehead atoms. The molecule has 0 saturated heterocycles. The molecular formula is C13H13NO3. The van der Waals surface area contributed by atoms with E-state index >= 15 is 0 Å². The number of aliphatic carboxylic acids is 1. The maximum Gasteiger partial charge on any atom is 0.333 e. The molecule has 88 valence electrons. The average Bonchev–Trinajstić information content (AvgIpc) is 2.64. The van der Waals surface area contributed by atoms with Crippen molar-refractivity contribution in [2.75, 3.05) is 6.54 Å². The summed E-state index contributed by atoms with van der Waals surface area (Å²) in [4.78, 5) is 23.8. The van der Waals surface area contributed by atoms with Crippen LogP contribution in [-0.2, 0) is 16.1 Å². The molecular weight excluding hydrogens is 218 g/mol. The highest BCUT2D eigenvalue weighted by Crippen LogP contribution is 2.15. The summed E-state index contributed by atoms with van der Waals surface area (Å²) in [6.07, 6.45) is 1.19. The van der Waals surface area contributed by atoms with E-state index in [1.807, 2.05) is 31.2 Å². The van der Waals surface area contributed by atoms with Gasteiger partial charge in [0.05, 0.1) is 12.1 Å². The Balaban J connectivity index is 2.05. The van der Waals surface area contributed by atoms with Gasteiger partial charge in [-0.3, -0.25) is 4.79 Å². The minimum atomic E-state index is -1.02. The van der Waals surface area contributed by atoms with Crippen LogP contribution in [0.1, 0.15) is 11.1 Å². The van der Waals surface area contributed by atoms with Gasteiger partial charge < -0.3 is 10.0 Å². The van der Waals surface area contributed by atoms with Crippen LogP contribution in [0.3, 0.4) is 0 Å². The van der Waals surface area contributed by atoms with Gasteiger partial charge in [-0.1, -0.05) is 29.8 Å². The number of carbonyl (C=O) groups excluding carboxylic acids is 1. The Hall–Kier alpha value is -2.10. The molecule has 0 spiro atoms. The Morgan fingerprint density at radius 1 is 1.35 bits per heavy atom. The maximum atomic E-state index is 11.5. The minimum absolute atomic E-state index is 0.155. The molecule has 2 rings (SSSR count). The molecule has 1 aromatic carbocycles. The second-order valence-corrected chi connectivity index (χ2v) is 4.15. The van der Waals surface area contributed by atoms with Crippen molar-refractivity contribution >= 4 is 11.9 Å². The number of hydrogen-bond acceptors (Lipinski definition) is 2. The lowest BCUT2D eigenvalue weighted by Crippen LogP contribution is -2.26. The molecule has 17 heavy (non-hydrogen) atoms. The predicted molar refractivity (Wildman–Crippen MR) is 62.3 cm³/mol. The maximum absolute atomic E-state index is 11.5. The van der Waals surface area contributed by atoms with Gasteiger partial charge in [0.15, 0.2) is 0 Å². The van der Waals surface area contributed by atoms with Crippen LogP contribution in [0.15, 0.2) is 35.9 Å². The monoisotopic (exact) mass is 231 g/mol. The van der Waals surface area contributed by atoms with Gasteiger partial charge in [-0.05, 0) is 12.5 Å². The third kappa shape index (κ3) is 2.53. The van der Waals surface area contributed by atoms with Crippen LogP contribution in [-0.4, -0.2) is 28.4 Å². The number of amides is 1. The fourth-order valence-corrected chi connectivity index (χ4v) is 1.75. The topological polar surface area (TPSA) is 57.6 Å². The van der Waals surface area contributed by atoms with Crippen molar-refractivity contribution in [2.24, 2.45) is 0 Å². The smallest absolute Gasteiger partial charge is 0.333 e. The SMILES string of the molecule is Cc1ccc(CN2CC(C(=O)O)=CC2=O)cc1. The largest absolute Gasteiger partial charge is 0.478 e. The highest BCUT2D eigenvalue weighted by Gasteiger charge is 2.25. The summed E-state index contributed by atoms with van der Waals surface area (Å²) in [7, 11) is 0. The molecule has 1 aliphatic heterocycles. The summed E-state index contributed by atoms with van der Waals surface area (Å²) in [5.74, 6) is -1.26. The Kier molecular flexibility index (Phi) is 2.95. The summed E-state index contributed by atoms with van der Waals surface area (Å²) in [5.41, 5.74) is 2.32. The highest BCUT2D eigenvalue weighted by atomic mass is 16.4. The normalized spacial score (nSPS) is 15.0. The molecule has 0 unspecified atom stereocenters. The Morgan fingerprint density at radius 2 is 2.00 bits per heavy atom. The van der Waals surface area contributed by atoms with E-state index in [9.17, 15) is 9.59 Å². The predicted octanol–water partition coefficient (Wildman–Crippen LogP) is 1.35. The molecule has 1 N–H and O–H groups in total. The van der Waals surface area contributed by atoms with E-state index in [-0.39, 0.29) is 18.0 Å². The zero-order chi connectivity index (χ0) is 12.4. The first-order valence-corrected chi connectivity index (χ1v) is 5.34. The van der Waals surface area contributed by atoms with Gasteiger partial charge in [-0.25, -0.2) is 4.79 Å². The number of nitrogens with zero attached hydrogens (tertiary/aromatic N) is 1. The first-order chi connectivity index (χ1) is 8.06. The third-order valence-corrected chi connectivity index (χ3v) is 2.74. The van der Waals surface area contributed by atoms with Gasteiger partial charge in [0, 0.05) is 12.6 Å². The van der Waals surface area contributed by atoms with Crippen LogP contribution in [0.4, 0.5) is 0 Å². The number of carbonyl (C=O) groups is 2. The van der Waals surface area contributed by atoms with Gasteiger partial charge in [0.25, 0.3) is 0 Å². The van der Waals surface area contributed by atoms with Gasteiger partial charge in [0.2, 0.25) is 5.91 Å². The first-order valence-electron chi connectivity index (χ1n) is 5.34. The van der Waals surface area contributed by atoms with E-state index < -0.39 is 5.97 Å². The van der Waals surface area contributed by atoms with Crippen LogP contribution in [0.5, 0.6) is 0 Å². The average molecular weight is 231 g/mol. The lowest BCUT2D eigenvalue weighted by molar-refractivity contribution is -0.132. The number of carboxylic acids is 1. The number of hydrogen-bond donors (Lipinski definition) is 1. The standard InChI is InChI=1S/C13H13NO3/c1-9-2-4-10(5-3-9)7-14-8-11(13(16)17)6-12(14)15/h2-6H,7-8H2,1H3,(H,16,17). The lowest BCUT2D eigenvalue weighted by atomic mass is 10.1. The van der Waals surface area contributed by atoms with Crippen molar-refractivity contribution in [1.29, 1.82) is 0 Å². The van der Waals surface area contributed by atoms with Crippen LogP contribution < -0.4 is 0 Å². The van der Waals surface area contributed by atoms with Gasteiger partial charge >= 0.3 is 5.97 Å². The number of benzene rings is 1. The zero-order valence-electron chi connectivity index (χ0n) is 9.51. The summed E-state index contributed by atoms with van der Waals surface area (Å²) in [6, 6.07) is 7.84. The lowest BCUT2D eigenvalue weighted by Gasteiger charge is -2.16. The Morgan fingerprint density at radius 3 is 2.53 bits per heavy atom. The molecule has 0 fully saturated rings. The number of carboxylic acid groups (broad SMARTS) is 1. The zero-order valence-corrected chi connectivity index (χ0v) is 9.51. The van der Waals surface area contributed by atoms with Crippen molar-refractivity contribution in [3.63, 3.8) is 0 Å². The molecule has 1 heterocycles. The van der Waals surface area contributed by atoms with Crippen molar-refractivity contribution < 1.29 is 14.7 Å². The molecule has 0 radical (unpaired) electrons. The fourth-order valence-electron chi connectivity index (χ4n) is 1.75. The Bertz CT molecular complexity index is 488. The van der Waals surface area contributed by atoms with Crippen molar-refractivity contribution in [2.45, 2.75) is 13.5 Å². The molecule has 1 aromatic rings. The Labute approximate surface area is 99.2 Å². The van der Waals surface area contributed by atoms with Crippen molar-refractivity contribution in [3.05, 3.63) is 47.0 Å². The van der Waals surface area contributed by atoms with Crippen LogP contribution in [0.25, 0.3) is 0 Å². The second-order valence-electron chi connectivity index (χ2n) is 4.15. The van der Waals surface area contributed by atoms with E-state index in [2.05, 4.69) is 0 Å². The molecule has 4 heteroatoms. The van der Waals surface area contributed by atoms with Gasteiger partial charge in [-0.2, -0.15) is 0 Å². The van der Waals surface area contributed by atoms with Gasteiger partial charge in [-0.15, -0.1) is 0 Å². The van der Waals surface area contributed by atoms with Crippen molar-refractivity contribution in [3.8, 4) is 0 Å². The molecule has 0 aromatic heterocycles. The number of aryl methyl sites for hydroxylation is 1. The summed E-state index contributed by atoms with van der Waals surface area (Å²) in [5, 5.41) is 8.80. The molecule has 1 aliphatic rings. The molecule has 1 amide bonds. The summed E-state index contributed by atoms with van der Waals surface area (Å²) < 4.78 is 0. The quantitative estimate of drug-likeness (QED) is 0.854. The van der Waals surface area contributed by atoms with E-state index in [4.69, 9.17) is 5.11 Å². The van der Waals surface area contributed by atoms with Crippen LogP contribution in [0.2, 0.25) is 0 Å². The summed E-state index contributed by atoms with van der Waals surface area (Å²) >= 11 is 0.